The van der Waals surface area contributed by atoms with Gasteiger partial charge in [0.15, 0.2) is 23.2 Å². The fourth-order valence-corrected chi connectivity index (χ4v) is 5.66. The number of carbonyl (C=O) groups is 2. The normalized spacial score (nSPS) is 10.9. The number of hydrazone groups is 1. The van der Waals surface area contributed by atoms with Gasteiger partial charge in [-0.1, -0.05) is 36.4 Å². The van der Waals surface area contributed by atoms with E-state index in [0.717, 1.165) is 33.2 Å². The van der Waals surface area contributed by atoms with Crippen LogP contribution in [0.25, 0.3) is 11.3 Å². The van der Waals surface area contributed by atoms with Crippen molar-refractivity contribution in [2.45, 2.75) is 20.8 Å². The molecular weight excluding hydrogens is 666 g/mol. The molecule has 0 atom stereocenters. The summed E-state index contributed by atoms with van der Waals surface area (Å²) in [4.78, 5) is 30.0. The molecule has 2 amide bonds. The predicted molar refractivity (Wildman–Crippen MR) is 188 cm³/mol. The summed E-state index contributed by atoms with van der Waals surface area (Å²) in [6, 6.07) is 26.2. The molecule has 0 saturated heterocycles. The van der Waals surface area contributed by atoms with Crippen LogP contribution in [0.5, 0.6) is 11.5 Å². The van der Waals surface area contributed by atoms with Gasteiger partial charge in [0.2, 0.25) is 0 Å². The van der Waals surface area contributed by atoms with Crippen LogP contribution in [0.3, 0.4) is 0 Å². The number of anilines is 3. The van der Waals surface area contributed by atoms with Crippen molar-refractivity contribution in [3.8, 4) is 22.8 Å². The Morgan fingerprint density at radius 1 is 0.935 bits per heavy atom. The number of hydrogen-bond acceptors (Lipinski definition) is 8. The van der Waals surface area contributed by atoms with Crippen LogP contribution < -0.4 is 25.5 Å². The fraction of sp³-hybridized carbons (Fsp3) is 0.143. The molecule has 1 heterocycles. The van der Waals surface area contributed by atoms with Gasteiger partial charge in [-0.2, -0.15) is 5.10 Å². The molecule has 5 rings (SSSR count). The first-order valence-electron chi connectivity index (χ1n) is 14.5. The Morgan fingerprint density at radius 3 is 2.46 bits per heavy atom. The number of carbonyl (C=O) groups excluding carboxylic acids is 2. The van der Waals surface area contributed by atoms with Gasteiger partial charge in [0.1, 0.15) is 0 Å². The molecule has 3 N–H and O–H groups in total. The molecular formula is C35H32BrN5O4S. The molecule has 0 aliphatic carbocycles. The first kappa shape index (κ1) is 32.4. The number of nitrogens with one attached hydrogen (secondary N) is 3. The van der Waals surface area contributed by atoms with Gasteiger partial charge in [-0.25, -0.2) is 10.4 Å². The highest BCUT2D eigenvalue weighted by Crippen LogP contribution is 2.36. The van der Waals surface area contributed by atoms with E-state index in [1.807, 2.05) is 86.8 Å². The average Bonchev–Trinajstić information content (AvgIpc) is 3.51. The molecule has 0 fully saturated rings. The van der Waals surface area contributed by atoms with Gasteiger partial charge in [-0.3, -0.25) is 9.59 Å². The van der Waals surface area contributed by atoms with Crippen molar-refractivity contribution in [2.75, 3.05) is 23.8 Å². The lowest BCUT2D eigenvalue weighted by atomic mass is 10.1. The number of ether oxygens (including phenoxy) is 2. The number of thiazole rings is 1. The lowest BCUT2D eigenvalue weighted by Crippen LogP contribution is -2.20. The van der Waals surface area contributed by atoms with E-state index in [0.29, 0.717) is 39.4 Å². The van der Waals surface area contributed by atoms with Gasteiger partial charge < -0.3 is 20.1 Å². The SMILES string of the molecule is CCOc1cc(/C=N/NC(=O)c2ccc(-c3csc(Nc4ccccc4)n3)cc2)cc(Br)c1OCC(=O)Nc1ccc(C)c(C)c1. The summed E-state index contributed by atoms with van der Waals surface area (Å²) in [6.07, 6.45) is 1.51. The maximum Gasteiger partial charge on any atom is 0.271 e. The predicted octanol–water partition coefficient (Wildman–Crippen LogP) is 8.11. The van der Waals surface area contributed by atoms with Crippen LogP contribution in [-0.4, -0.2) is 36.2 Å². The minimum absolute atomic E-state index is 0.206. The zero-order valence-electron chi connectivity index (χ0n) is 25.5. The largest absolute Gasteiger partial charge is 0.490 e. The van der Waals surface area contributed by atoms with Crippen molar-refractivity contribution >= 4 is 61.8 Å². The van der Waals surface area contributed by atoms with E-state index in [4.69, 9.17) is 9.47 Å². The van der Waals surface area contributed by atoms with Crippen molar-refractivity contribution in [1.29, 1.82) is 0 Å². The number of aromatic nitrogens is 1. The van der Waals surface area contributed by atoms with Crippen molar-refractivity contribution in [2.24, 2.45) is 5.10 Å². The molecule has 5 aromatic rings. The third-order valence-electron chi connectivity index (χ3n) is 6.82. The highest BCUT2D eigenvalue weighted by atomic mass is 79.9. The number of benzene rings is 4. The Labute approximate surface area is 279 Å². The van der Waals surface area contributed by atoms with E-state index in [1.54, 1.807) is 24.3 Å². The first-order valence-corrected chi connectivity index (χ1v) is 16.1. The number of rotatable bonds is 12. The van der Waals surface area contributed by atoms with Crippen molar-refractivity contribution in [3.05, 3.63) is 117 Å². The number of amides is 2. The Hall–Kier alpha value is -5.00. The molecule has 4 aromatic carbocycles. The third-order valence-corrected chi connectivity index (χ3v) is 8.17. The van der Waals surface area contributed by atoms with Gasteiger partial charge in [0.25, 0.3) is 11.8 Å². The lowest BCUT2D eigenvalue weighted by molar-refractivity contribution is -0.118. The monoisotopic (exact) mass is 697 g/mol. The fourth-order valence-electron chi connectivity index (χ4n) is 4.35. The Bertz CT molecular complexity index is 1860. The van der Waals surface area contributed by atoms with Gasteiger partial charge in [-0.05, 0) is 102 Å². The molecule has 0 unspecified atom stereocenters. The summed E-state index contributed by atoms with van der Waals surface area (Å²) in [5.74, 6) is 0.173. The number of hydrogen-bond donors (Lipinski definition) is 3. The van der Waals surface area contributed by atoms with Gasteiger partial charge in [0.05, 0.1) is 23.0 Å². The van der Waals surface area contributed by atoms with Crippen molar-refractivity contribution in [3.63, 3.8) is 0 Å². The van der Waals surface area contributed by atoms with Crippen molar-refractivity contribution < 1.29 is 19.1 Å². The molecule has 0 spiro atoms. The van der Waals surface area contributed by atoms with Crippen LogP contribution in [0.2, 0.25) is 0 Å². The molecule has 46 heavy (non-hydrogen) atoms. The molecule has 1 aromatic heterocycles. The van der Waals surface area contributed by atoms with Crippen LogP contribution in [0.1, 0.15) is 34.0 Å². The summed E-state index contributed by atoms with van der Waals surface area (Å²) < 4.78 is 12.2. The number of aryl methyl sites for hydroxylation is 2. The van der Waals surface area contributed by atoms with E-state index in [9.17, 15) is 9.59 Å². The quantitative estimate of drug-likeness (QED) is 0.0897. The molecule has 234 valence electrons. The Morgan fingerprint density at radius 2 is 1.72 bits per heavy atom. The Balaban J connectivity index is 1.17. The van der Waals surface area contributed by atoms with E-state index >= 15 is 0 Å². The molecule has 0 bridgehead atoms. The summed E-state index contributed by atoms with van der Waals surface area (Å²) in [7, 11) is 0. The summed E-state index contributed by atoms with van der Waals surface area (Å²) in [5.41, 5.74) is 9.30. The second-order valence-electron chi connectivity index (χ2n) is 10.2. The van der Waals surface area contributed by atoms with Crippen LogP contribution in [-0.2, 0) is 4.79 Å². The number of halogens is 1. The average molecular weight is 699 g/mol. The molecule has 0 radical (unpaired) electrons. The van der Waals surface area contributed by atoms with Gasteiger partial charge in [-0.15, -0.1) is 11.3 Å². The number of para-hydroxylation sites is 1. The minimum atomic E-state index is -0.355. The standard InChI is InChI=1S/C35H32BrN5O4S/c1-4-44-31-18-24(17-29(36)33(31)45-20-32(42)38-28-15-10-22(2)23(3)16-28)19-37-41-34(43)26-13-11-25(12-14-26)30-21-46-35(40-30)39-27-8-6-5-7-9-27/h5-19,21H,4,20H2,1-3H3,(H,38,42)(H,39,40)(H,41,43)/b37-19+. The van der Waals surface area contributed by atoms with Crippen molar-refractivity contribution in [1.82, 2.24) is 10.4 Å². The summed E-state index contributed by atoms with van der Waals surface area (Å²) >= 11 is 5.02. The zero-order valence-corrected chi connectivity index (χ0v) is 27.9. The smallest absolute Gasteiger partial charge is 0.271 e. The summed E-state index contributed by atoms with van der Waals surface area (Å²) in [5, 5.41) is 13.0. The second kappa shape index (κ2) is 15.3. The second-order valence-corrected chi connectivity index (χ2v) is 11.9. The summed E-state index contributed by atoms with van der Waals surface area (Å²) in [6.45, 7) is 6.04. The Kier molecular flexibility index (Phi) is 10.8. The maximum atomic E-state index is 12.8. The van der Waals surface area contributed by atoms with Gasteiger partial charge >= 0.3 is 0 Å². The van der Waals surface area contributed by atoms with E-state index < -0.39 is 0 Å². The van der Waals surface area contributed by atoms with Crippen LogP contribution >= 0.6 is 27.3 Å². The molecule has 0 saturated carbocycles. The number of nitrogens with zero attached hydrogens (tertiary/aromatic N) is 2. The molecule has 9 nitrogen and oxygen atoms in total. The van der Waals surface area contributed by atoms with E-state index in [-0.39, 0.29) is 18.4 Å². The third kappa shape index (κ3) is 8.58. The maximum absolute atomic E-state index is 12.8. The highest BCUT2D eigenvalue weighted by molar-refractivity contribution is 9.10. The van der Waals surface area contributed by atoms with Crippen LogP contribution in [0.15, 0.2) is 99.9 Å². The molecule has 0 aliphatic rings. The minimum Gasteiger partial charge on any atom is -0.490 e. The highest BCUT2D eigenvalue weighted by Gasteiger charge is 2.15. The zero-order chi connectivity index (χ0) is 32.5. The van der Waals surface area contributed by atoms with Crippen LogP contribution in [0.4, 0.5) is 16.5 Å². The first-order chi connectivity index (χ1) is 22.3. The van der Waals surface area contributed by atoms with Crippen LogP contribution in [0, 0.1) is 13.8 Å². The topological polar surface area (TPSA) is 114 Å². The van der Waals surface area contributed by atoms with Gasteiger partial charge in [0, 0.05) is 27.9 Å². The molecule has 0 aliphatic heterocycles. The van der Waals surface area contributed by atoms with E-state index in [1.165, 1.54) is 17.6 Å². The molecule has 11 heteroatoms. The van der Waals surface area contributed by atoms with E-state index in [2.05, 4.69) is 42.1 Å². The lowest BCUT2D eigenvalue weighted by Gasteiger charge is -2.15.